The van der Waals surface area contributed by atoms with Gasteiger partial charge in [0.15, 0.2) is 0 Å². The van der Waals surface area contributed by atoms with Crippen LogP contribution in [-0.4, -0.2) is 16.5 Å². The summed E-state index contributed by atoms with van der Waals surface area (Å²) in [5.74, 6) is 0.708. The van der Waals surface area contributed by atoms with Crippen molar-refractivity contribution in [3.05, 3.63) is 39.6 Å². The van der Waals surface area contributed by atoms with E-state index in [1.54, 1.807) is 13.0 Å². The Morgan fingerprint density at radius 2 is 2.26 bits per heavy atom. The Kier molecular flexibility index (Phi) is 4.49. The van der Waals surface area contributed by atoms with Gasteiger partial charge in [-0.05, 0) is 45.1 Å². The maximum absolute atomic E-state index is 10.7. The molecule has 0 bridgehead atoms. The van der Waals surface area contributed by atoms with Crippen LogP contribution >= 0.6 is 0 Å². The van der Waals surface area contributed by atoms with Gasteiger partial charge in [0.25, 0.3) is 5.69 Å². The molecule has 1 N–H and O–H groups in total. The smallest absolute Gasteiger partial charge is 0.290 e. The van der Waals surface area contributed by atoms with Crippen LogP contribution in [0.15, 0.2) is 23.8 Å². The summed E-state index contributed by atoms with van der Waals surface area (Å²) in [5.41, 5.74) is 2.03. The lowest BCUT2D eigenvalue weighted by Crippen LogP contribution is -2.06. The summed E-state index contributed by atoms with van der Waals surface area (Å²) in [4.78, 5) is 14.5. The Labute approximate surface area is 112 Å². The van der Waals surface area contributed by atoms with Crippen molar-refractivity contribution in [2.75, 3.05) is 11.9 Å². The van der Waals surface area contributed by atoms with E-state index in [2.05, 4.69) is 16.4 Å². The molecule has 0 atom stereocenters. The van der Waals surface area contributed by atoms with E-state index in [0.29, 0.717) is 11.5 Å². The largest absolute Gasteiger partial charge is 0.370 e. The van der Waals surface area contributed by atoms with Gasteiger partial charge in [-0.3, -0.25) is 10.1 Å². The van der Waals surface area contributed by atoms with Crippen LogP contribution in [0.25, 0.3) is 0 Å². The van der Waals surface area contributed by atoms with Gasteiger partial charge in [0.1, 0.15) is 11.5 Å². The highest BCUT2D eigenvalue weighted by atomic mass is 16.6. The van der Waals surface area contributed by atoms with Crippen LogP contribution in [0.1, 0.15) is 37.8 Å². The fraction of sp³-hybridized carbons (Fsp3) is 0.500. The van der Waals surface area contributed by atoms with Crippen LogP contribution in [0.5, 0.6) is 0 Å². The molecule has 0 amide bonds. The number of allylic oxidation sites excluding steroid dienone is 1. The molecular formula is C14H19N3O2. The highest BCUT2D eigenvalue weighted by Gasteiger charge is 2.11. The molecule has 0 saturated heterocycles. The third-order valence-electron chi connectivity index (χ3n) is 3.39. The van der Waals surface area contributed by atoms with E-state index in [1.165, 1.54) is 37.3 Å². The molecule has 2 rings (SSSR count). The highest BCUT2D eigenvalue weighted by molar-refractivity contribution is 5.44. The number of rotatable bonds is 5. The van der Waals surface area contributed by atoms with Crippen molar-refractivity contribution < 1.29 is 4.92 Å². The summed E-state index contributed by atoms with van der Waals surface area (Å²) in [7, 11) is 0. The number of hydrogen-bond acceptors (Lipinski definition) is 4. The molecule has 102 valence electrons. The first-order valence-electron chi connectivity index (χ1n) is 6.70. The normalized spacial score (nSPS) is 14.9. The maximum Gasteiger partial charge on any atom is 0.290 e. The molecular weight excluding hydrogens is 242 g/mol. The van der Waals surface area contributed by atoms with E-state index < -0.39 is 4.92 Å². The second-order valence-corrected chi connectivity index (χ2v) is 4.84. The second kappa shape index (κ2) is 6.31. The molecule has 1 aromatic heterocycles. The molecule has 0 radical (unpaired) electrons. The Morgan fingerprint density at radius 3 is 2.89 bits per heavy atom. The quantitative estimate of drug-likeness (QED) is 0.499. The predicted octanol–water partition coefficient (Wildman–Crippen LogP) is 3.60. The first-order chi connectivity index (χ1) is 9.16. The summed E-state index contributed by atoms with van der Waals surface area (Å²) in [6.07, 6.45) is 8.36. The predicted molar refractivity (Wildman–Crippen MR) is 75.3 cm³/mol. The van der Waals surface area contributed by atoms with E-state index in [-0.39, 0.29) is 5.69 Å². The van der Waals surface area contributed by atoms with Crippen molar-refractivity contribution in [1.29, 1.82) is 0 Å². The average molecular weight is 261 g/mol. The molecule has 0 unspecified atom stereocenters. The van der Waals surface area contributed by atoms with Crippen LogP contribution < -0.4 is 5.32 Å². The van der Waals surface area contributed by atoms with Crippen molar-refractivity contribution in [2.45, 2.75) is 39.0 Å². The third kappa shape index (κ3) is 3.77. The zero-order valence-corrected chi connectivity index (χ0v) is 11.2. The van der Waals surface area contributed by atoms with Crippen LogP contribution in [0.2, 0.25) is 0 Å². The topological polar surface area (TPSA) is 68.1 Å². The number of nitrogens with one attached hydrogen (secondary N) is 1. The number of aryl methyl sites for hydroxylation is 1. The lowest BCUT2D eigenvalue weighted by atomic mass is 9.97. The number of hydrogen-bond donors (Lipinski definition) is 1. The van der Waals surface area contributed by atoms with Gasteiger partial charge in [-0.15, -0.1) is 0 Å². The Balaban J connectivity index is 1.87. The molecule has 0 aliphatic heterocycles. The minimum Gasteiger partial charge on any atom is -0.370 e. The molecule has 19 heavy (non-hydrogen) atoms. The minimum atomic E-state index is -0.404. The zero-order valence-electron chi connectivity index (χ0n) is 11.2. The Morgan fingerprint density at radius 1 is 1.42 bits per heavy atom. The van der Waals surface area contributed by atoms with Crippen LogP contribution in [0, 0.1) is 17.0 Å². The first-order valence-corrected chi connectivity index (χ1v) is 6.70. The number of nitrogens with zero attached hydrogens (tertiary/aromatic N) is 2. The van der Waals surface area contributed by atoms with Gasteiger partial charge in [0, 0.05) is 12.6 Å². The molecule has 0 aromatic carbocycles. The van der Waals surface area contributed by atoms with Crippen LogP contribution in [-0.2, 0) is 0 Å². The van der Waals surface area contributed by atoms with Crippen molar-refractivity contribution in [1.82, 2.24) is 4.98 Å². The van der Waals surface area contributed by atoms with Gasteiger partial charge in [-0.2, -0.15) is 0 Å². The van der Waals surface area contributed by atoms with Gasteiger partial charge < -0.3 is 5.32 Å². The van der Waals surface area contributed by atoms with Gasteiger partial charge in [-0.25, -0.2) is 4.98 Å². The van der Waals surface area contributed by atoms with E-state index in [0.717, 1.165) is 13.0 Å². The maximum atomic E-state index is 10.7. The summed E-state index contributed by atoms with van der Waals surface area (Å²) in [6, 6.07) is 3.17. The molecule has 0 spiro atoms. The second-order valence-electron chi connectivity index (χ2n) is 4.84. The zero-order chi connectivity index (χ0) is 13.7. The SMILES string of the molecule is Cc1nc(NCCC2=CCCCC2)ccc1[N+](=O)[O-]. The van der Waals surface area contributed by atoms with Crippen molar-refractivity contribution in [3.63, 3.8) is 0 Å². The monoisotopic (exact) mass is 261 g/mol. The summed E-state index contributed by atoms with van der Waals surface area (Å²) in [6.45, 7) is 2.49. The molecule has 5 nitrogen and oxygen atoms in total. The summed E-state index contributed by atoms with van der Waals surface area (Å²) >= 11 is 0. The van der Waals surface area contributed by atoms with Crippen molar-refractivity contribution in [2.24, 2.45) is 0 Å². The number of aromatic nitrogens is 1. The molecule has 1 aliphatic carbocycles. The lowest BCUT2D eigenvalue weighted by Gasteiger charge is -2.13. The van der Waals surface area contributed by atoms with Gasteiger partial charge >= 0.3 is 0 Å². The molecule has 5 heteroatoms. The summed E-state index contributed by atoms with van der Waals surface area (Å²) < 4.78 is 0. The van der Waals surface area contributed by atoms with E-state index in [9.17, 15) is 10.1 Å². The van der Waals surface area contributed by atoms with Gasteiger partial charge in [0.2, 0.25) is 0 Å². The van der Waals surface area contributed by atoms with Gasteiger partial charge in [0.05, 0.1) is 4.92 Å². The lowest BCUT2D eigenvalue weighted by molar-refractivity contribution is -0.385. The Hall–Kier alpha value is -1.91. The standard InChI is InChI=1S/C14H19N3O2/c1-11-13(17(18)19)7-8-14(16-11)15-10-9-12-5-3-2-4-6-12/h5,7-8H,2-4,6,9-10H2,1H3,(H,15,16). The van der Waals surface area contributed by atoms with Crippen LogP contribution in [0.3, 0.4) is 0 Å². The van der Waals surface area contributed by atoms with Gasteiger partial charge in [-0.1, -0.05) is 11.6 Å². The third-order valence-corrected chi connectivity index (χ3v) is 3.39. The fourth-order valence-electron chi connectivity index (χ4n) is 2.33. The summed E-state index contributed by atoms with van der Waals surface area (Å²) in [5, 5.41) is 13.9. The number of anilines is 1. The van der Waals surface area contributed by atoms with Crippen molar-refractivity contribution in [3.8, 4) is 0 Å². The number of nitro groups is 1. The minimum absolute atomic E-state index is 0.0699. The van der Waals surface area contributed by atoms with E-state index in [4.69, 9.17) is 0 Å². The fourth-order valence-corrected chi connectivity index (χ4v) is 2.33. The molecule has 1 aliphatic rings. The van der Waals surface area contributed by atoms with Crippen molar-refractivity contribution >= 4 is 11.5 Å². The van der Waals surface area contributed by atoms with E-state index >= 15 is 0 Å². The van der Waals surface area contributed by atoms with E-state index in [1.807, 2.05) is 0 Å². The molecule has 0 saturated carbocycles. The first kappa shape index (κ1) is 13.5. The molecule has 1 aromatic rings. The molecule has 0 fully saturated rings. The Bertz CT molecular complexity index is 497. The number of pyridine rings is 1. The average Bonchev–Trinajstić information content (AvgIpc) is 2.39. The van der Waals surface area contributed by atoms with Crippen LogP contribution in [0.4, 0.5) is 11.5 Å². The molecule has 1 heterocycles. The highest BCUT2D eigenvalue weighted by Crippen LogP contribution is 2.21.